The monoisotopic (exact) mass is 183 g/mol. The van der Waals surface area contributed by atoms with E-state index in [0.29, 0.717) is 17.9 Å². The molecule has 0 aliphatic carbocycles. The largest absolute Gasteiger partial charge is 0.476 e. The molecular weight excluding hydrogens is 170 g/mol. The van der Waals surface area contributed by atoms with Crippen molar-refractivity contribution in [1.29, 1.82) is 0 Å². The molecule has 1 N–H and O–H groups in total. The molecule has 0 aromatic carbocycles. The van der Waals surface area contributed by atoms with Gasteiger partial charge in [0.2, 0.25) is 6.08 Å². The molecule has 0 amide bonds. The molecule has 0 atom stereocenters. The van der Waals surface area contributed by atoms with Crippen LogP contribution in [0.1, 0.15) is 27.2 Å². The number of allylic oxidation sites excluding steroid dienone is 1. The Morgan fingerprint density at radius 2 is 2.08 bits per heavy atom. The predicted octanol–water partition coefficient (Wildman–Crippen LogP) is 1.73. The Morgan fingerprint density at radius 1 is 1.54 bits per heavy atom. The number of aliphatic carboxylic acids is 1. The van der Waals surface area contributed by atoms with Crippen molar-refractivity contribution in [3.05, 3.63) is 11.3 Å². The maximum absolute atomic E-state index is 10.6. The van der Waals surface area contributed by atoms with Crippen molar-refractivity contribution in [2.24, 2.45) is 10.9 Å². The van der Waals surface area contributed by atoms with Crippen molar-refractivity contribution in [2.75, 3.05) is 0 Å². The van der Waals surface area contributed by atoms with Crippen molar-refractivity contribution < 1.29 is 14.7 Å². The van der Waals surface area contributed by atoms with Gasteiger partial charge < -0.3 is 5.11 Å². The highest BCUT2D eigenvalue weighted by Gasteiger charge is 2.11. The van der Waals surface area contributed by atoms with Crippen LogP contribution in [0.2, 0.25) is 0 Å². The molecule has 0 aromatic rings. The Bertz CT molecular complexity index is 269. The van der Waals surface area contributed by atoms with Crippen LogP contribution in [0.25, 0.3) is 0 Å². The van der Waals surface area contributed by atoms with Crippen LogP contribution in [0.3, 0.4) is 0 Å². The van der Waals surface area contributed by atoms with Crippen LogP contribution in [-0.4, -0.2) is 17.2 Å². The second-order valence-electron chi connectivity index (χ2n) is 3.24. The third kappa shape index (κ3) is 4.23. The average molecular weight is 183 g/mol. The molecule has 0 unspecified atom stereocenters. The summed E-state index contributed by atoms with van der Waals surface area (Å²) in [5, 5.41) is 8.66. The Morgan fingerprint density at radius 3 is 2.38 bits per heavy atom. The zero-order valence-corrected chi connectivity index (χ0v) is 8.00. The van der Waals surface area contributed by atoms with E-state index < -0.39 is 5.97 Å². The number of nitrogens with zero attached hydrogens (tertiary/aromatic N) is 1. The molecule has 0 rings (SSSR count). The minimum absolute atomic E-state index is 0.191. The van der Waals surface area contributed by atoms with Crippen molar-refractivity contribution in [2.45, 2.75) is 27.2 Å². The molecule has 0 aliphatic rings. The summed E-state index contributed by atoms with van der Waals surface area (Å²) < 4.78 is 0. The third-order valence-corrected chi connectivity index (χ3v) is 1.48. The first-order valence-corrected chi connectivity index (χ1v) is 4.00. The van der Waals surface area contributed by atoms with E-state index in [4.69, 9.17) is 5.11 Å². The fraction of sp³-hybridized carbons (Fsp3) is 0.556. The Hall–Kier alpha value is -1.41. The molecule has 0 fully saturated rings. The molecule has 0 heterocycles. The van der Waals surface area contributed by atoms with Gasteiger partial charge in [-0.25, -0.2) is 9.59 Å². The fourth-order valence-corrected chi connectivity index (χ4v) is 1.08. The van der Waals surface area contributed by atoms with E-state index in [9.17, 15) is 9.59 Å². The topological polar surface area (TPSA) is 66.7 Å². The van der Waals surface area contributed by atoms with Crippen LogP contribution < -0.4 is 0 Å². The van der Waals surface area contributed by atoms with Crippen LogP contribution in [0.4, 0.5) is 0 Å². The molecule has 0 bridgehead atoms. The first-order valence-electron chi connectivity index (χ1n) is 4.00. The summed E-state index contributed by atoms with van der Waals surface area (Å²) in [6.45, 7) is 5.59. The maximum Gasteiger partial charge on any atom is 0.355 e. The first-order chi connectivity index (χ1) is 5.99. The Labute approximate surface area is 77.0 Å². The zero-order valence-electron chi connectivity index (χ0n) is 8.00. The number of aliphatic imine (C=N–C) groups is 1. The minimum Gasteiger partial charge on any atom is -0.476 e. The van der Waals surface area contributed by atoms with E-state index in [1.54, 1.807) is 6.92 Å². The van der Waals surface area contributed by atoms with E-state index in [2.05, 4.69) is 4.99 Å². The summed E-state index contributed by atoms with van der Waals surface area (Å²) in [7, 11) is 0. The van der Waals surface area contributed by atoms with Crippen LogP contribution >= 0.6 is 0 Å². The van der Waals surface area contributed by atoms with Gasteiger partial charge in [0, 0.05) is 0 Å². The van der Waals surface area contributed by atoms with E-state index in [-0.39, 0.29) is 5.70 Å². The number of carbonyl (C=O) groups excluding carboxylic acids is 1. The molecule has 0 aromatic heterocycles. The van der Waals surface area contributed by atoms with Crippen molar-refractivity contribution in [3.8, 4) is 0 Å². The van der Waals surface area contributed by atoms with Gasteiger partial charge in [-0.3, -0.25) is 0 Å². The third-order valence-electron chi connectivity index (χ3n) is 1.48. The Kier molecular flexibility index (Phi) is 4.70. The lowest BCUT2D eigenvalue weighted by Gasteiger charge is -2.05. The summed E-state index contributed by atoms with van der Waals surface area (Å²) in [5.74, 6) is -0.835. The highest BCUT2D eigenvalue weighted by Crippen LogP contribution is 2.15. The molecule has 72 valence electrons. The van der Waals surface area contributed by atoms with Crippen molar-refractivity contribution >= 4 is 12.0 Å². The van der Waals surface area contributed by atoms with Gasteiger partial charge in [0.25, 0.3) is 0 Å². The van der Waals surface area contributed by atoms with Gasteiger partial charge in [-0.05, 0) is 24.8 Å². The normalized spacial score (nSPS) is 12.0. The molecule has 4 heteroatoms. The Balaban J connectivity index is 4.85. The number of isocyanates is 1. The summed E-state index contributed by atoms with van der Waals surface area (Å²) in [5.41, 5.74) is 0.412. The molecule has 0 aliphatic heterocycles. The van der Waals surface area contributed by atoms with Crippen molar-refractivity contribution in [3.63, 3.8) is 0 Å². The first kappa shape index (κ1) is 11.6. The summed E-state index contributed by atoms with van der Waals surface area (Å²) in [6, 6.07) is 0. The second kappa shape index (κ2) is 5.27. The smallest absolute Gasteiger partial charge is 0.355 e. The molecule has 0 spiro atoms. The van der Waals surface area contributed by atoms with Crippen LogP contribution in [0.5, 0.6) is 0 Å². The van der Waals surface area contributed by atoms with Gasteiger partial charge >= 0.3 is 5.97 Å². The molecule has 13 heavy (non-hydrogen) atoms. The van der Waals surface area contributed by atoms with E-state index >= 15 is 0 Å². The number of carbonyl (C=O) groups is 1. The lowest BCUT2D eigenvalue weighted by molar-refractivity contribution is -0.132. The summed E-state index contributed by atoms with van der Waals surface area (Å²) >= 11 is 0. The van der Waals surface area contributed by atoms with Gasteiger partial charge in [0.15, 0.2) is 5.70 Å². The van der Waals surface area contributed by atoms with Crippen LogP contribution in [0, 0.1) is 5.92 Å². The highest BCUT2D eigenvalue weighted by atomic mass is 16.4. The SMILES string of the molecule is CC(CC(C)C)=C(N=C=O)C(=O)O. The van der Waals surface area contributed by atoms with Crippen molar-refractivity contribution in [1.82, 2.24) is 0 Å². The van der Waals surface area contributed by atoms with E-state index in [1.165, 1.54) is 6.08 Å². The average Bonchev–Trinajstić information content (AvgIpc) is 1.97. The number of carboxylic acids is 1. The standard InChI is InChI=1S/C9H13NO3/c1-6(2)4-7(3)8(9(12)13)10-5-11/h6H,4H2,1-3H3,(H,12,13). The molecule has 4 nitrogen and oxygen atoms in total. The lowest BCUT2D eigenvalue weighted by Crippen LogP contribution is -2.02. The zero-order chi connectivity index (χ0) is 10.4. The predicted molar refractivity (Wildman–Crippen MR) is 47.9 cm³/mol. The summed E-state index contributed by atoms with van der Waals surface area (Å²) in [4.78, 5) is 23.7. The summed E-state index contributed by atoms with van der Waals surface area (Å²) in [6.07, 6.45) is 1.86. The quantitative estimate of drug-likeness (QED) is 0.410. The highest BCUT2D eigenvalue weighted by molar-refractivity contribution is 5.88. The fourth-order valence-electron chi connectivity index (χ4n) is 1.08. The molecule has 0 saturated heterocycles. The van der Waals surface area contributed by atoms with Gasteiger partial charge in [-0.15, -0.1) is 0 Å². The van der Waals surface area contributed by atoms with E-state index in [1.807, 2.05) is 13.8 Å². The number of hydrogen-bond donors (Lipinski definition) is 1. The van der Waals surface area contributed by atoms with Gasteiger partial charge in [0.1, 0.15) is 0 Å². The maximum atomic E-state index is 10.6. The van der Waals surface area contributed by atoms with E-state index in [0.717, 1.165) is 0 Å². The second-order valence-corrected chi connectivity index (χ2v) is 3.24. The number of hydrogen-bond acceptors (Lipinski definition) is 3. The lowest BCUT2D eigenvalue weighted by atomic mass is 10.0. The van der Waals surface area contributed by atoms with Gasteiger partial charge in [-0.2, -0.15) is 4.99 Å². The number of rotatable bonds is 4. The van der Waals surface area contributed by atoms with Crippen LogP contribution in [0.15, 0.2) is 16.3 Å². The molecule has 0 radical (unpaired) electrons. The van der Waals surface area contributed by atoms with Gasteiger partial charge in [-0.1, -0.05) is 13.8 Å². The minimum atomic E-state index is -1.18. The van der Waals surface area contributed by atoms with Gasteiger partial charge in [0.05, 0.1) is 0 Å². The van der Waals surface area contributed by atoms with Crippen LogP contribution in [-0.2, 0) is 9.59 Å². The molecule has 0 saturated carbocycles. The number of carboxylic acid groups (broad SMARTS) is 1. The molecular formula is C9H13NO3.